The maximum Gasteiger partial charge on any atom is 0.0697 e. The highest BCUT2D eigenvalue weighted by Crippen LogP contribution is 2.14. The number of hydrogen-bond donors (Lipinski definition) is 1. The van der Waals surface area contributed by atoms with E-state index in [4.69, 9.17) is 4.74 Å². The number of likely N-dealkylation sites (N-methyl/N-ethyl adjacent to an activating group) is 1. The summed E-state index contributed by atoms with van der Waals surface area (Å²) in [6, 6.07) is 0.452. The van der Waals surface area contributed by atoms with E-state index in [-0.39, 0.29) is 0 Å². The lowest BCUT2D eigenvalue weighted by Crippen LogP contribution is -2.37. The lowest BCUT2D eigenvalue weighted by Gasteiger charge is -2.24. The van der Waals surface area contributed by atoms with Crippen LogP contribution >= 0.6 is 0 Å². The van der Waals surface area contributed by atoms with Crippen molar-refractivity contribution in [3.8, 4) is 0 Å². The Kier molecular flexibility index (Phi) is 10.0. The molecule has 0 aliphatic carbocycles. The van der Waals surface area contributed by atoms with Crippen LogP contribution in [0.4, 0.5) is 0 Å². The number of hydrogen-bond acceptors (Lipinski definition) is 2. The Hall–Kier alpha value is -0.0800. The first kappa shape index (κ1) is 15.9. The van der Waals surface area contributed by atoms with E-state index in [1.807, 2.05) is 0 Å². The minimum absolute atomic E-state index is 0.315. The summed E-state index contributed by atoms with van der Waals surface area (Å²) in [4.78, 5) is 0. The summed E-state index contributed by atoms with van der Waals surface area (Å²) in [5.74, 6) is 0.747. The molecule has 0 saturated carbocycles. The minimum atomic E-state index is 0.315. The molecular weight excluding hydrogens is 198 g/mol. The predicted octanol–water partition coefficient (Wildman–Crippen LogP) is 3.61. The van der Waals surface area contributed by atoms with Crippen molar-refractivity contribution in [2.75, 3.05) is 13.2 Å². The lowest BCUT2D eigenvalue weighted by molar-refractivity contribution is 0.0183. The van der Waals surface area contributed by atoms with E-state index >= 15 is 0 Å². The summed E-state index contributed by atoms with van der Waals surface area (Å²) >= 11 is 0. The molecule has 0 aliphatic heterocycles. The van der Waals surface area contributed by atoms with Gasteiger partial charge in [-0.25, -0.2) is 0 Å². The van der Waals surface area contributed by atoms with Crippen LogP contribution in [0.25, 0.3) is 0 Å². The molecular formula is C14H31NO. The van der Waals surface area contributed by atoms with Crippen molar-refractivity contribution in [2.24, 2.45) is 5.92 Å². The zero-order valence-electron chi connectivity index (χ0n) is 11.9. The van der Waals surface area contributed by atoms with Crippen molar-refractivity contribution in [1.82, 2.24) is 5.32 Å². The molecule has 3 unspecified atom stereocenters. The molecule has 0 aromatic rings. The molecule has 0 bridgehead atoms. The van der Waals surface area contributed by atoms with Crippen molar-refractivity contribution < 1.29 is 4.74 Å². The van der Waals surface area contributed by atoms with Gasteiger partial charge in [-0.3, -0.25) is 0 Å². The Morgan fingerprint density at radius 2 is 1.81 bits per heavy atom. The molecule has 0 radical (unpaired) electrons. The fraction of sp³-hybridized carbons (Fsp3) is 1.00. The van der Waals surface area contributed by atoms with Gasteiger partial charge in [-0.05, 0) is 32.7 Å². The number of unbranched alkanes of at least 4 members (excludes halogenated alkanes) is 1. The van der Waals surface area contributed by atoms with Crippen LogP contribution < -0.4 is 5.32 Å². The van der Waals surface area contributed by atoms with E-state index in [9.17, 15) is 0 Å². The Morgan fingerprint density at radius 1 is 1.12 bits per heavy atom. The summed E-state index contributed by atoms with van der Waals surface area (Å²) in [7, 11) is 0. The molecule has 16 heavy (non-hydrogen) atoms. The SMILES string of the molecule is CCCCC(CC)COC(C)C(C)NCC. The van der Waals surface area contributed by atoms with Gasteiger partial charge in [-0.1, -0.05) is 40.0 Å². The first-order valence-corrected chi connectivity index (χ1v) is 7.00. The van der Waals surface area contributed by atoms with E-state index in [1.54, 1.807) is 0 Å². The molecule has 3 atom stereocenters. The van der Waals surface area contributed by atoms with Crippen LogP contribution in [-0.2, 0) is 4.74 Å². The maximum absolute atomic E-state index is 5.94. The fourth-order valence-electron chi connectivity index (χ4n) is 1.82. The summed E-state index contributed by atoms with van der Waals surface area (Å²) < 4.78 is 5.94. The van der Waals surface area contributed by atoms with Crippen LogP contribution in [0.3, 0.4) is 0 Å². The zero-order valence-corrected chi connectivity index (χ0v) is 11.9. The smallest absolute Gasteiger partial charge is 0.0697 e. The molecule has 0 aromatic carbocycles. The predicted molar refractivity (Wildman–Crippen MR) is 71.9 cm³/mol. The first-order chi connectivity index (χ1) is 7.65. The van der Waals surface area contributed by atoms with Crippen LogP contribution in [0.2, 0.25) is 0 Å². The summed E-state index contributed by atoms with van der Waals surface area (Å²) in [5, 5.41) is 3.41. The average molecular weight is 229 g/mol. The van der Waals surface area contributed by atoms with E-state index in [0.717, 1.165) is 19.1 Å². The van der Waals surface area contributed by atoms with Gasteiger partial charge in [-0.15, -0.1) is 0 Å². The van der Waals surface area contributed by atoms with Crippen molar-refractivity contribution in [2.45, 2.75) is 72.4 Å². The summed E-state index contributed by atoms with van der Waals surface area (Å²) in [6.45, 7) is 13.0. The number of ether oxygens (including phenoxy) is 1. The Bertz CT molecular complexity index is 148. The van der Waals surface area contributed by atoms with Crippen molar-refractivity contribution >= 4 is 0 Å². The standard InChI is InChI=1S/C14H31NO/c1-6-9-10-14(7-2)11-16-13(5)12(4)15-8-3/h12-15H,6-11H2,1-5H3. The van der Waals surface area contributed by atoms with Gasteiger partial charge >= 0.3 is 0 Å². The molecule has 0 rings (SSSR count). The Morgan fingerprint density at radius 3 is 2.31 bits per heavy atom. The number of nitrogens with one attached hydrogen (secondary N) is 1. The van der Waals surface area contributed by atoms with Crippen molar-refractivity contribution in [3.63, 3.8) is 0 Å². The number of rotatable bonds is 10. The van der Waals surface area contributed by atoms with Crippen molar-refractivity contribution in [1.29, 1.82) is 0 Å². The third-order valence-corrected chi connectivity index (χ3v) is 3.37. The van der Waals surface area contributed by atoms with Gasteiger partial charge in [0.25, 0.3) is 0 Å². The zero-order chi connectivity index (χ0) is 12.4. The molecule has 0 heterocycles. The highest BCUT2D eigenvalue weighted by molar-refractivity contribution is 4.68. The molecule has 1 N–H and O–H groups in total. The molecule has 0 amide bonds. The van der Waals surface area contributed by atoms with Gasteiger partial charge < -0.3 is 10.1 Å². The molecule has 0 aromatic heterocycles. The Balaban J connectivity index is 3.73. The second kappa shape index (κ2) is 10.1. The molecule has 0 spiro atoms. The van der Waals surface area contributed by atoms with E-state index in [2.05, 4.69) is 39.9 Å². The first-order valence-electron chi connectivity index (χ1n) is 7.00. The van der Waals surface area contributed by atoms with Crippen molar-refractivity contribution in [3.05, 3.63) is 0 Å². The lowest BCUT2D eigenvalue weighted by atomic mass is 10.0. The van der Waals surface area contributed by atoms with E-state index in [0.29, 0.717) is 12.1 Å². The normalized spacial score (nSPS) is 17.1. The van der Waals surface area contributed by atoms with Crippen LogP contribution in [0.15, 0.2) is 0 Å². The van der Waals surface area contributed by atoms with Gasteiger partial charge in [0.15, 0.2) is 0 Å². The highest BCUT2D eigenvalue weighted by Gasteiger charge is 2.13. The fourth-order valence-corrected chi connectivity index (χ4v) is 1.82. The van der Waals surface area contributed by atoms with Crippen LogP contribution in [-0.4, -0.2) is 25.3 Å². The van der Waals surface area contributed by atoms with Gasteiger partial charge in [-0.2, -0.15) is 0 Å². The van der Waals surface area contributed by atoms with Crippen LogP contribution in [0.1, 0.15) is 60.3 Å². The summed E-state index contributed by atoms with van der Waals surface area (Å²) in [6.07, 6.45) is 5.49. The highest BCUT2D eigenvalue weighted by atomic mass is 16.5. The monoisotopic (exact) mass is 229 g/mol. The largest absolute Gasteiger partial charge is 0.377 e. The third-order valence-electron chi connectivity index (χ3n) is 3.37. The van der Waals surface area contributed by atoms with Gasteiger partial charge in [0.2, 0.25) is 0 Å². The summed E-state index contributed by atoms with van der Waals surface area (Å²) in [5.41, 5.74) is 0. The second-order valence-electron chi connectivity index (χ2n) is 4.80. The van der Waals surface area contributed by atoms with Gasteiger partial charge in [0.05, 0.1) is 6.10 Å². The van der Waals surface area contributed by atoms with Crippen LogP contribution in [0, 0.1) is 5.92 Å². The van der Waals surface area contributed by atoms with E-state index in [1.165, 1.54) is 25.7 Å². The Labute approximate surface area is 102 Å². The molecule has 0 saturated heterocycles. The van der Waals surface area contributed by atoms with Gasteiger partial charge in [0.1, 0.15) is 0 Å². The molecule has 2 heteroatoms. The molecule has 0 aliphatic rings. The molecule has 0 fully saturated rings. The van der Waals surface area contributed by atoms with E-state index < -0.39 is 0 Å². The van der Waals surface area contributed by atoms with Crippen LogP contribution in [0.5, 0.6) is 0 Å². The maximum atomic E-state index is 5.94. The topological polar surface area (TPSA) is 21.3 Å². The molecule has 2 nitrogen and oxygen atoms in total. The third kappa shape index (κ3) is 7.24. The second-order valence-corrected chi connectivity index (χ2v) is 4.80. The molecule has 98 valence electrons. The quantitative estimate of drug-likeness (QED) is 0.618. The van der Waals surface area contributed by atoms with Gasteiger partial charge in [0, 0.05) is 12.6 Å². The average Bonchev–Trinajstić information content (AvgIpc) is 2.29. The minimum Gasteiger partial charge on any atom is -0.377 e.